The Kier molecular flexibility index (Phi) is 8.47. The fourth-order valence-corrected chi connectivity index (χ4v) is 3.66. The number of anilines is 1. The summed E-state index contributed by atoms with van der Waals surface area (Å²) in [5.74, 6) is 0.220. The van der Waals surface area contributed by atoms with Gasteiger partial charge in [-0.05, 0) is 18.2 Å². The van der Waals surface area contributed by atoms with Crippen LogP contribution in [0.2, 0.25) is 0 Å². The molecule has 1 aromatic heterocycles. The van der Waals surface area contributed by atoms with Crippen molar-refractivity contribution in [1.82, 2.24) is 4.98 Å². The molecule has 0 fully saturated rings. The van der Waals surface area contributed by atoms with Crippen molar-refractivity contribution in [1.29, 1.82) is 0 Å². The van der Waals surface area contributed by atoms with Gasteiger partial charge in [-0.1, -0.05) is 0 Å². The van der Waals surface area contributed by atoms with Gasteiger partial charge < -0.3 is 29.4 Å². The minimum Gasteiger partial charge on any atom is -0.496 e. The molecule has 0 spiro atoms. The van der Waals surface area contributed by atoms with Crippen LogP contribution in [-0.2, 0) is 20.4 Å². The molecule has 0 bridgehead atoms. The Morgan fingerprint density at radius 3 is 2.19 bits per heavy atom. The van der Waals surface area contributed by atoms with Crippen molar-refractivity contribution < 1.29 is 37.3 Å². The molecule has 2 N–H and O–H groups in total. The first-order chi connectivity index (χ1) is 15.2. The van der Waals surface area contributed by atoms with Gasteiger partial charge in [-0.2, -0.15) is 0 Å². The molecule has 32 heavy (non-hydrogen) atoms. The topological polar surface area (TPSA) is 133 Å². The molecule has 10 nitrogen and oxygen atoms in total. The van der Waals surface area contributed by atoms with Crippen LogP contribution in [0.4, 0.5) is 5.82 Å². The average Bonchev–Trinajstić information content (AvgIpc) is 2.76. The smallest absolute Gasteiger partial charge is 0.329 e. The predicted octanol–water partition coefficient (Wildman–Crippen LogP) is 2.71. The number of sulfone groups is 1. The molecule has 0 radical (unpaired) electrons. The monoisotopic (exact) mass is 464 g/mol. The molecule has 0 amide bonds. The largest absolute Gasteiger partial charge is 0.496 e. The van der Waals surface area contributed by atoms with E-state index in [-0.39, 0.29) is 11.5 Å². The summed E-state index contributed by atoms with van der Waals surface area (Å²) < 4.78 is 46.4. The Morgan fingerprint density at radius 1 is 1.03 bits per heavy atom. The summed E-state index contributed by atoms with van der Waals surface area (Å²) >= 11 is 0. The van der Waals surface area contributed by atoms with E-state index in [9.17, 15) is 13.2 Å². The summed E-state index contributed by atoms with van der Waals surface area (Å²) in [6.45, 7) is 0. The SMILES string of the molecule is COc1cc(OC)c(C=CS(=O)(=O)Cc2ccc(OC)c(NC=CC(=O)O)n2)c(OC)c1. The number of nitrogens with zero attached hydrogens (tertiary/aromatic N) is 1. The third kappa shape index (κ3) is 6.64. The number of benzene rings is 1. The Bertz CT molecular complexity index is 1100. The molecule has 11 heteroatoms. The molecule has 1 heterocycles. The zero-order chi connectivity index (χ0) is 23.7. The first-order valence-corrected chi connectivity index (χ1v) is 10.8. The van der Waals surface area contributed by atoms with Crippen molar-refractivity contribution in [3.63, 3.8) is 0 Å². The van der Waals surface area contributed by atoms with Gasteiger partial charge in [0, 0.05) is 29.8 Å². The molecule has 2 aromatic rings. The van der Waals surface area contributed by atoms with Crippen LogP contribution in [0.15, 0.2) is 41.9 Å². The number of carbonyl (C=O) groups is 1. The number of aliphatic carboxylic acids is 1. The lowest BCUT2D eigenvalue weighted by atomic mass is 10.1. The molecular weight excluding hydrogens is 440 g/mol. The van der Waals surface area contributed by atoms with Crippen molar-refractivity contribution in [3.05, 3.63) is 53.2 Å². The van der Waals surface area contributed by atoms with Crippen LogP contribution in [-0.4, -0.2) is 52.9 Å². The average molecular weight is 464 g/mol. The van der Waals surface area contributed by atoms with Gasteiger partial charge in [0.05, 0.1) is 45.4 Å². The van der Waals surface area contributed by atoms with E-state index in [1.165, 1.54) is 46.6 Å². The summed E-state index contributed by atoms with van der Waals surface area (Å²) in [5, 5.41) is 12.4. The van der Waals surface area contributed by atoms with E-state index < -0.39 is 21.6 Å². The van der Waals surface area contributed by atoms with Gasteiger partial charge in [-0.3, -0.25) is 0 Å². The van der Waals surface area contributed by atoms with Crippen LogP contribution in [0, 0.1) is 0 Å². The van der Waals surface area contributed by atoms with Gasteiger partial charge in [0.15, 0.2) is 21.4 Å². The van der Waals surface area contributed by atoms with Gasteiger partial charge in [0.1, 0.15) is 17.2 Å². The molecule has 0 saturated carbocycles. The molecule has 0 aliphatic carbocycles. The molecular formula is C21H24N2O8S. The fourth-order valence-electron chi connectivity index (χ4n) is 2.65. The summed E-state index contributed by atoms with van der Waals surface area (Å²) in [4.78, 5) is 14.8. The van der Waals surface area contributed by atoms with E-state index in [1.54, 1.807) is 12.1 Å². The van der Waals surface area contributed by atoms with Gasteiger partial charge in [-0.15, -0.1) is 0 Å². The molecule has 0 aliphatic rings. The van der Waals surface area contributed by atoms with Crippen LogP contribution >= 0.6 is 0 Å². The summed E-state index contributed by atoms with van der Waals surface area (Å²) in [6.07, 6.45) is 3.42. The van der Waals surface area contributed by atoms with Gasteiger partial charge in [-0.25, -0.2) is 18.2 Å². The number of carboxylic acids is 1. The Morgan fingerprint density at radius 2 is 1.66 bits per heavy atom. The number of ether oxygens (including phenoxy) is 4. The maximum Gasteiger partial charge on any atom is 0.329 e. The van der Waals surface area contributed by atoms with Crippen LogP contribution in [0.3, 0.4) is 0 Å². The lowest BCUT2D eigenvalue weighted by Crippen LogP contribution is -2.05. The van der Waals surface area contributed by atoms with Gasteiger partial charge >= 0.3 is 5.97 Å². The second kappa shape index (κ2) is 11.0. The second-order valence-corrected chi connectivity index (χ2v) is 8.11. The van der Waals surface area contributed by atoms with Crippen LogP contribution in [0.5, 0.6) is 23.0 Å². The van der Waals surface area contributed by atoms with E-state index in [0.29, 0.717) is 28.6 Å². The van der Waals surface area contributed by atoms with Crippen molar-refractivity contribution in [2.45, 2.75) is 5.75 Å². The van der Waals surface area contributed by atoms with Crippen LogP contribution in [0.1, 0.15) is 11.3 Å². The lowest BCUT2D eigenvalue weighted by molar-refractivity contribution is -0.131. The minimum absolute atomic E-state index is 0.181. The highest BCUT2D eigenvalue weighted by molar-refractivity contribution is 7.93. The van der Waals surface area contributed by atoms with Gasteiger partial charge in [0.25, 0.3) is 0 Å². The van der Waals surface area contributed by atoms with Crippen molar-refractivity contribution in [2.24, 2.45) is 0 Å². The quantitative estimate of drug-likeness (QED) is 0.478. The number of pyridine rings is 1. The predicted molar refractivity (Wildman–Crippen MR) is 119 cm³/mol. The number of hydrogen-bond acceptors (Lipinski definition) is 9. The van der Waals surface area contributed by atoms with E-state index in [0.717, 1.165) is 17.7 Å². The maximum absolute atomic E-state index is 12.7. The highest BCUT2D eigenvalue weighted by atomic mass is 32.2. The zero-order valence-electron chi connectivity index (χ0n) is 18.0. The standard InChI is InChI=1S/C21H24N2O8S/c1-28-15-11-18(30-3)16(19(12-15)31-4)8-10-32(26,27)13-14-5-6-17(29-2)21(23-14)22-9-7-20(24)25/h5-12H,13H2,1-4H3,(H,22,23)(H,24,25). The van der Waals surface area contributed by atoms with Crippen molar-refractivity contribution in [2.75, 3.05) is 33.8 Å². The Balaban J connectivity index is 2.31. The molecule has 0 saturated heterocycles. The maximum atomic E-state index is 12.7. The molecule has 0 atom stereocenters. The van der Waals surface area contributed by atoms with Crippen LogP contribution in [0.25, 0.3) is 6.08 Å². The molecule has 0 aliphatic heterocycles. The molecule has 0 unspecified atom stereocenters. The summed E-state index contributed by atoms with van der Waals surface area (Å²) in [5.41, 5.74) is 0.665. The van der Waals surface area contributed by atoms with Gasteiger partial charge in [0.2, 0.25) is 0 Å². The lowest BCUT2D eigenvalue weighted by Gasteiger charge is -2.12. The van der Waals surface area contributed by atoms with E-state index in [1.807, 2.05) is 0 Å². The second-order valence-electron chi connectivity index (χ2n) is 6.22. The number of carboxylic acid groups (broad SMARTS) is 1. The van der Waals surface area contributed by atoms with E-state index >= 15 is 0 Å². The highest BCUT2D eigenvalue weighted by Gasteiger charge is 2.15. The third-order valence-corrected chi connectivity index (χ3v) is 5.37. The number of aromatic nitrogens is 1. The van der Waals surface area contributed by atoms with Crippen molar-refractivity contribution in [3.8, 4) is 23.0 Å². The highest BCUT2D eigenvalue weighted by Crippen LogP contribution is 2.35. The fraction of sp³-hybridized carbons (Fsp3) is 0.238. The van der Waals surface area contributed by atoms with E-state index in [4.69, 9.17) is 24.1 Å². The number of rotatable bonds is 11. The first kappa shape index (κ1) is 24.5. The number of methoxy groups -OCH3 is 4. The van der Waals surface area contributed by atoms with E-state index in [2.05, 4.69) is 10.3 Å². The Hall–Kier alpha value is -3.73. The Labute approximate surface area is 186 Å². The third-order valence-electron chi connectivity index (χ3n) is 4.13. The van der Waals surface area contributed by atoms with Crippen molar-refractivity contribution >= 4 is 27.7 Å². The molecule has 2 rings (SSSR count). The number of hydrogen-bond donors (Lipinski definition) is 2. The zero-order valence-corrected chi connectivity index (χ0v) is 18.8. The minimum atomic E-state index is -3.73. The first-order valence-electron chi connectivity index (χ1n) is 9.13. The molecule has 172 valence electrons. The molecule has 1 aromatic carbocycles. The van der Waals surface area contributed by atoms with Crippen LogP contribution < -0.4 is 24.3 Å². The normalized spacial score (nSPS) is 11.5. The number of nitrogens with one attached hydrogen (secondary N) is 1. The summed E-state index contributed by atoms with van der Waals surface area (Å²) in [7, 11) is 2.08. The summed E-state index contributed by atoms with van der Waals surface area (Å²) in [6, 6.07) is 6.27.